The molecule has 1 saturated heterocycles. The van der Waals surface area contributed by atoms with Crippen molar-refractivity contribution in [3.8, 4) is 0 Å². The van der Waals surface area contributed by atoms with Crippen molar-refractivity contribution >= 4 is 17.5 Å². The first kappa shape index (κ1) is 16.1. The second-order valence-corrected chi connectivity index (χ2v) is 5.45. The molecule has 0 unspecified atom stereocenters. The van der Waals surface area contributed by atoms with Crippen LogP contribution in [0.4, 0.5) is 10.1 Å². The highest BCUT2D eigenvalue weighted by Crippen LogP contribution is 2.15. The summed E-state index contributed by atoms with van der Waals surface area (Å²) in [5.41, 5.74) is 1.37. The predicted molar refractivity (Wildman–Crippen MR) is 87.5 cm³/mol. The molecule has 0 radical (unpaired) electrons. The number of hydrogen-bond acceptors (Lipinski definition) is 3. The van der Waals surface area contributed by atoms with Gasteiger partial charge in [0.05, 0.1) is 13.2 Å². The van der Waals surface area contributed by atoms with E-state index in [9.17, 15) is 14.0 Å². The Labute approximate surface area is 139 Å². The third-order valence-electron chi connectivity index (χ3n) is 3.77. The molecule has 24 heavy (non-hydrogen) atoms. The van der Waals surface area contributed by atoms with Crippen LogP contribution >= 0.6 is 0 Å². The van der Waals surface area contributed by atoms with Gasteiger partial charge in [-0.1, -0.05) is 6.07 Å². The summed E-state index contributed by atoms with van der Waals surface area (Å²) in [6.45, 7) is 2.19. The Kier molecular flexibility index (Phi) is 4.86. The number of carbonyl (C=O) groups is 2. The lowest BCUT2D eigenvalue weighted by Crippen LogP contribution is -2.40. The molecule has 2 aromatic carbocycles. The summed E-state index contributed by atoms with van der Waals surface area (Å²) in [5.74, 6) is -0.841. The molecule has 1 fully saturated rings. The molecule has 124 valence electrons. The lowest BCUT2D eigenvalue weighted by atomic mass is 10.1. The Bertz CT molecular complexity index is 740. The van der Waals surface area contributed by atoms with Gasteiger partial charge in [-0.05, 0) is 42.5 Å². The highest BCUT2D eigenvalue weighted by atomic mass is 19.1. The molecule has 1 heterocycles. The molecule has 1 N–H and O–H groups in total. The number of halogens is 1. The van der Waals surface area contributed by atoms with E-state index in [4.69, 9.17) is 4.74 Å². The molecule has 5 nitrogen and oxygen atoms in total. The Hall–Kier alpha value is -2.73. The quantitative estimate of drug-likeness (QED) is 0.942. The number of nitrogens with zero attached hydrogens (tertiary/aromatic N) is 1. The average Bonchev–Trinajstić information content (AvgIpc) is 2.62. The van der Waals surface area contributed by atoms with Gasteiger partial charge in [-0.15, -0.1) is 0 Å². The molecule has 0 aliphatic carbocycles. The van der Waals surface area contributed by atoms with E-state index in [-0.39, 0.29) is 11.8 Å². The van der Waals surface area contributed by atoms with E-state index >= 15 is 0 Å². The molecule has 0 saturated carbocycles. The van der Waals surface area contributed by atoms with Gasteiger partial charge in [-0.2, -0.15) is 0 Å². The Morgan fingerprint density at radius 3 is 2.42 bits per heavy atom. The number of rotatable bonds is 3. The maximum atomic E-state index is 12.9. The highest BCUT2D eigenvalue weighted by molar-refractivity contribution is 6.05. The number of amides is 2. The van der Waals surface area contributed by atoms with Crippen molar-refractivity contribution in [3.05, 3.63) is 65.5 Å². The number of hydrogen-bond donors (Lipinski definition) is 1. The fourth-order valence-electron chi connectivity index (χ4n) is 2.48. The van der Waals surface area contributed by atoms with Gasteiger partial charge >= 0.3 is 0 Å². The standard InChI is InChI=1S/C18H17FN2O3/c19-15-6-4-13(5-7-15)17(22)20-16-3-1-2-14(12-16)18(23)21-8-10-24-11-9-21/h1-7,12H,8-11H2,(H,20,22). The van der Waals surface area contributed by atoms with E-state index in [0.29, 0.717) is 43.1 Å². The van der Waals surface area contributed by atoms with Crippen LogP contribution in [-0.4, -0.2) is 43.0 Å². The summed E-state index contributed by atoms with van der Waals surface area (Å²) in [7, 11) is 0. The largest absolute Gasteiger partial charge is 0.378 e. The minimum Gasteiger partial charge on any atom is -0.378 e. The van der Waals surface area contributed by atoms with Crippen molar-refractivity contribution < 1.29 is 18.7 Å². The van der Waals surface area contributed by atoms with Gasteiger partial charge in [-0.3, -0.25) is 9.59 Å². The lowest BCUT2D eigenvalue weighted by molar-refractivity contribution is 0.0303. The van der Waals surface area contributed by atoms with Crippen LogP contribution in [0.1, 0.15) is 20.7 Å². The van der Waals surface area contributed by atoms with Crippen molar-refractivity contribution in [2.24, 2.45) is 0 Å². The predicted octanol–water partition coefficient (Wildman–Crippen LogP) is 2.55. The highest BCUT2D eigenvalue weighted by Gasteiger charge is 2.18. The van der Waals surface area contributed by atoms with Crippen LogP contribution < -0.4 is 5.32 Å². The number of anilines is 1. The molecule has 3 rings (SSSR count). The molecule has 6 heteroatoms. The zero-order valence-electron chi connectivity index (χ0n) is 13.0. The van der Waals surface area contributed by atoms with Crippen molar-refractivity contribution in [1.29, 1.82) is 0 Å². The number of ether oxygens (including phenoxy) is 1. The summed E-state index contributed by atoms with van der Waals surface area (Å²) in [6, 6.07) is 12.1. The summed E-state index contributed by atoms with van der Waals surface area (Å²) >= 11 is 0. The summed E-state index contributed by atoms with van der Waals surface area (Å²) in [6.07, 6.45) is 0. The third kappa shape index (κ3) is 3.78. The van der Waals surface area contributed by atoms with Crippen molar-refractivity contribution in [2.45, 2.75) is 0 Å². The fraction of sp³-hybridized carbons (Fsp3) is 0.222. The summed E-state index contributed by atoms with van der Waals surface area (Å²) in [4.78, 5) is 26.4. The molecule has 2 amide bonds. The number of benzene rings is 2. The van der Waals surface area contributed by atoms with Gasteiger partial charge in [0.1, 0.15) is 5.82 Å². The second kappa shape index (κ2) is 7.23. The van der Waals surface area contributed by atoms with E-state index in [1.807, 2.05) is 0 Å². The smallest absolute Gasteiger partial charge is 0.255 e. The number of nitrogens with one attached hydrogen (secondary N) is 1. The molecular weight excluding hydrogens is 311 g/mol. The molecule has 1 aliphatic rings. The minimum absolute atomic E-state index is 0.0869. The van der Waals surface area contributed by atoms with Crippen LogP contribution in [0.5, 0.6) is 0 Å². The Morgan fingerprint density at radius 1 is 1.00 bits per heavy atom. The van der Waals surface area contributed by atoms with E-state index in [1.165, 1.54) is 24.3 Å². The minimum atomic E-state index is -0.398. The molecule has 0 spiro atoms. The topological polar surface area (TPSA) is 58.6 Å². The average molecular weight is 328 g/mol. The third-order valence-corrected chi connectivity index (χ3v) is 3.77. The maximum absolute atomic E-state index is 12.9. The van der Waals surface area contributed by atoms with E-state index < -0.39 is 5.82 Å². The summed E-state index contributed by atoms with van der Waals surface area (Å²) < 4.78 is 18.2. The maximum Gasteiger partial charge on any atom is 0.255 e. The van der Waals surface area contributed by atoms with Gasteiger partial charge in [0.25, 0.3) is 11.8 Å². The molecule has 0 atom stereocenters. The zero-order chi connectivity index (χ0) is 16.9. The Morgan fingerprint density at radius 2 is 1.71 bits per heavy atom. The Balaban J connectivity index is 1.71. The SMILES string of the molecule is O=C(Nc1cccc(C(=O)N2CCOCC2)c1)c1ccc(F)cc1. The van der Waals surface area contributed by atoms with Crippen LogP contribution in [0.15, 0.2) is 48.5 Å². The normalized spacial score (nSPS) is 14.3. The summed E-state index contributed by atoms with van der Waals surface area (Å²) in [5, 5.41) is 2.72. The number of morpholine rings is 1. The van der Waals surface area contributed by atoms with Gasteiger partial charge in [0.2, 0.25) is 0 Å². The molecule has 0 aromatic heterocycles. The van der Waals surface area contributed by atoms with Gasteiger partial charge in [0, 0.05) is 29.9 Å². The molecule has 2 aromatic rings. The van der Waals surface area contributed by atoms with Gasteiger partial charge in [-0.25, -0.2) is 4.39 Å². The van der Waals surface area contributed by atoms with Crippen LogP contribution in [0, 0.1) is 5.82 Å². The van der Waals surface area contributed by atoms with Crippen molar-refractivity contribution in [1.82, 2.24) is 4.90 Å². The van der Waals surface area contributed by atoms with Crippen molar-refractivity contribution in [3.63, 3.8) is 0 Å². The fourth-order valence-corrected chi connectivity index (χ4v) is 2.48. The monoisotopic (exact) mass is 328 g/mol. The van der Waals surface area contributed by atoms with E-state index in [2.05, 4.69) is 5.32 Å². The lowest BCUT2D eigenvalue weighted by Gasteiger charge is -2.27. The van der Waals surface area contributed by atoms with Crippen molar-refractivity contribution in [2.75, 3.05) is 31.6 Å². The van der Waals surface area contributed by atoms with E-state index in [0.717, 1.165) is 0 Å². The second-order valence-electron chi connectivity index (χ2n) is 5.45. The van der Waals surface area contributed by atoms with Gasteiger partial charge in [0.15, 0.2) is 0 Å². The van der Waals surface area contributed by atoms with E-state index in [1.54, 1.807) is 29.2 Å². The molecular formula is C18H17FN2O3. The van der Waals surface area contributed by atoms with Gasteiger partial charge < -0.3 is 15.0 Å². The zero-order valence-corrected chi connectivity index (χ0v) is 13.0. The molecule has 0 bridgehead atoms. The van der Waals surface area contributed by atoms with Crippen LogP contribution in [-0.2, 0) is 4.74 Å². The first-order valence-corrected chi connectivity index (χ1v) is 7.67. The molecule has 1 aliphatic heterocycles. The first-order chi connectivity index (χ1) is 11.6. The van der Waals surface area contributed by atoms with Crippen LogP contribution in [0.2, 0.25) is 0 Å². The number of carbonyl (C=O) groups excluding carboxylic acids is 2. The first-order valence-electron chi connectivity index (χ1n) is 7.67. The van der Waals surface area contributed by atoms with Crippen LogP contribution in [0.25, 0.3) is 0 Å². The van der Waals surface area contributed by atoms with Crippen LogP contribution in [0.3, 0.4) is 0 Å².